The number of aliphatic hydroxyl groups is 1. The third-order valence-corrected chi connectivity index (χ3v) is 5.32. The van der Waals surface area contributed by atoms with E-state index in [1.807, 2.05) is 6.92 Å². The van der Waals surface area contributed by atoms with Gasteiger partial charge in [-0.1, -0.05) is 0 Å². The lowest BCUT2D eigenvalue weighted by atomic mass is 10.3. The number of ether oxygens (including phenoxy) is 3. The minimum absolute atomic E-state index is 0.00665. The molecule has 2 aromatic heterocycles. The van der Waals surface area contributed by atoms with Gasteiger partial charge in [-0.3, -0.25) is 14.3 Å². The van der Waals surface area contributed by atoms with Crippen molar-refractivity contribution in [1.29, 1.82) is 0 Å². The Bertz CT molecular complexity index is 1410. The molecule has 0 aliphatic carbocycles. The van der Waals surface area contributed by atoms with Crippen LogP contribution in [0.3, 0.4) is 0 Å². The fourth-order valence-corrected chi connectivity index (χ4v) is 3.57. The molecule has 0 saturated carbocycles. The van der Waals surface area contributed by atoms with Crippen molar-refractivity contribution in [3.05, 3.63) is 69.4 Å². The van der Waals surface area contributed by atoms with Crippen molar-refractivity contribution in [1.82, 2.24) is 19.1 Å². The largest absolute Gasteiger partial charge is 0.497 e. The van der Waals surface area contributed by atoms with Crippen molar-refractivity contribution in [2.75, 3.05) is 25.6 Å². The normalized spacial score (nSPS) is 11.9. The summed E-state index contributed by atoms with van der Waals surface area (Å²) >= 11 is 0. The maximum Gasteiger partial charge on any atom is 0.329 e. The number of anilines is 2. The summed E-state index contributed by atoms with van der Waals surface area (Å²) in [5.41, 5.74) is -0.142. The van der Waals surface area contributed by atoms with Gasteiger partial charge in [-0.2, -0.15) is 4.98 Å². The zero-order valence-corrected chi connectivity index (χ0v) is 19.6. The van der Waals surface area contributed by atoms with Gasteiger partial charge in [0.15, 0.2) is 11.2 Å². The average molecular weight is 482 g/mol. The lowest BCUT2D eigenvalue weighted by Gasteiger charge is -2.16. The molecule has 1 unspecified atom stereocenters. The Morgan fingerprint density at radius 1 is 1.03 bits per heavy atom. The minimum Gasteiger partial charge on any atom is -0.497 e. The minimum atomic E-state index is -0.980. The summed E-state index contributed by atoms with van der Waals surface area (Å²) in [6, 6.07) is 14.2. The highest BCUT2D eigenvalue weighted by Crippen LogP contribution is 2.23. The van der Waals surface area contributed by atoms with Crippen molar-refractivity contribution in [3.63, 3.8) is 0 Å². The number of hydrogen-bond acceptors (Lipinski definition) is 8. The van der Waals surface area contributed by atoms with Crippen LogP contribution in [-0.4, -0.2) is 50.6 Å². The average Bonchev–Trinajstić information content (AvgIpc) is 3.21. The summed E-state index contributed by atoms with van der Waals surface area (Å²) in [5.74, 6) is 2.27. The highest BCUT2D eigenvalue weighted by atomic mass is 16.5. The van der Waals surface area contributed by atoms with Crippen LogP contribution in [0.1, 0.15) is 6.92 Å². The van der Waals surface area contributed by atoms with E-state index in [2.05, 4.69) is 15.3 Å². The first-order valence-corrected chi connectivity index (χ1v) is 11.0. The Morgan fingerprint density at radius 2 is 1.66 bits per heavy atom. The SMILES string of the molecule is CCOc1ccc(Nc2nc3c(c(=O)[nH]c(=O)n3C)n2CC(O)COc2ccc(OC)cc2)cc1. The molecule has 184 valence electrons. The highest BCUT2D eigenvalue weighted by molar-refractivity contribution is 5.75. The number of nitrogens with zero attached hydrogens (tertiary/aromatic N) is 3. The van der Waals surface area contributed by atoms with Gasteiger partial charge in [-0.05, 0) is 55.5 Å². The molecule has 0 aliphatic heterocycles. The van der Waals surface area contributed by atoms with Gasteiger partial charge in [-0.15, -0.1) is 0 Å². The Hall–Kier alpha value is -4.25. The van der Waals surface area contributed by atoms with E-state index in [0.717, 1.165) is 5.75 Å². The number of imidazole rings is 1. The van der Waals surface area contributed by atoms with E-state index in [1.54, 1.807) is 55.6 Å². The number of benzene rings is 2. The van der Waals surface area contributed by atoms with Gasteiger partial charge >= 0.3 is 5.69 Å². The molecule has 3 N–H and O–H groups in total. The molecule has 0 fully saturated rings. The highest BCUT2D eigenvalue weighted by Gasteiger charge is 2.20. The van der Waals surface area contributed by atoms with E-state index in [4.69, 9.17) is 14.2 Å². The Balaban J connectivity index is 1.61. The standard InChI is InChI=1S/C24H27N5O6/c1-4-34-18-7-5-15(6-8-18)25-23-26-21-20(22(31)27-24(32)28(21)2)29(23)13-16(30)14-35-19-11-9-17(33-3)10-12-19/h5-12,16,30H,4,13-14H2,1-3H3,(H,25,26)(H,27,31,32). The number of nitrogens with one attached hydrogen (secondary N) is 2. The second-order valence-corrected chi connectivity index (χ2v) is 7.76. The van der Waals surface area contributed by atoms with Gasteiger partial charge in [0.05, 0.1) is 20.3 Å². The first kappa shape index (κ1) is 23.9. The Kier molecular flexibility index (Phi) is 7.06. The van der Waals surface area contributed by atoms with Gasteiger partial charge in [0.2, 0.25) is 5.95 Å². The Labute approximate surface area is 200 Å². The molecule has 2 heterocycles. The molecule has 0 aliphatic rings. The molecule has 0 saturated heterocycles. The molecule has 11 nitrogen and oxygen atoms in total. The monoisotopic (exact) mass is 481 g/mol. The van der Waals surface area contributed by atoms with Crippen LogP contribution >= 0.6 is 0 Å². The summed E-state index contributed by atoms with van der Waals surface area (Å²) in [5, 5.41) is 13.9. The van der Waals surface area contributed by atoms with E-state index >= 15 is 0 Å². The fourth-order valence-electron chi connectivity index (χ4n) is 3.57. The zero-order valence-electron chi connectivity index (χ0n) is 19.6. The lowest BCUT2D eigenvalue weighted by Crippen LogP contribution is -2.30. The van der Waals surface area contributed by atoms with Crippen molar-refractivity contribution in [2.24, 2.45) is 7.05 Å². The molecule has 4 aromatic rings. The smallest absolute Gasteiger partial charge is 0.329 e. The van der Waals surface area contributed by atoms with Crippen LogP contribution in [0.2, 0.25) is 0 Å². The first-order valence-electron chi connectivity index (χ1n) is 11.0. The number of hydrogen-bond donors (Lipinski definition) is 3. The maximum atomic E-state index is 12.7. The van der Waals surface area contributed by atoms with E-state index in [0.29, 0.717) is 29.7 Å². The third-order valence-electron chi connectivity index (χ3n) is 5.32. The van der Waals surface area contributed by atoms with Gasteiger partial charge < -0.3 is 29.2 Å². The third kappa shape index (κ3) is 5.30. The number of H-pyrrole nitrogens is 1. The summed E-state index contributed by atoms with van der Waals surface area (Å²) in [6.45, 7) is 2.42. The first-order chi connectivity index (χ1) is 16.9. The number of aliphatic hydroxyl groups excluding tert-OH is 1. The fraction of sp³-hybridized carbons (Fsp3) is 0.292. The molecule has 0 bridgehead atoms. The molecule has 1 atom stereocenters. The van der Waals surface area contributed by atoms with Crippen LogP contribution in [0.5, 0.6) is 17.2 Å². The topological polar surface area (TPSA) is 133 Å². The summed E-state index contributed by atoms with van der Waals surface area (Å²) < 4.78 is 19.1. The summed E-state index contributed by atoms with van der Waals surface area (Å²) in [7, 11) is 3.09. The molecule has 4 rings (SSSR count). The molecule has 2 aromatic carbocycles. The van der Waals surface area contributed by atoms with E-state index < -0.39 is 17.4 Å². The molecule has 35 heavy (non-hydrogen) atoms. The van der Waals surface area contributed by atoms with Gasteiger partial charge in [0.25, 0.3) is 5.56 Å². The molecule has 0 amide bonds. The molecular weight excluding hydrogens is 454 g/mol. The Morgan fingerprint density at radius 3 is 2.31 bits per heavy atom. The predicted octanol–water partition coefficient (Wildman–Crippen LogP) is 2.01. The summed E-state index contributed by atoms with van der Waals surface area (Å²) in [6.07, 6.45) is -0.980. The van der Waals surface area contributed by atoms with Gasteiger partial charge in [-0.25, -0.2) is 4.79 Å². The molecule has 11 heteroatoms. The number of rotatable bonds is 10. The predicted molar refractivity (Wildman–Crippen MR) is 131 cm³/mol. The van der Waals surface area contributed by atoms with Gasteiger partial charge in [0.1, 0.15) is 30.0 Å². The second-order valence-electron chi connectivity index (χ2n) is 7.76. The van der Waals surface area contributed by atoms with E-state index in [9.17, 15) is 14.7 Å². The maximum absolute atomic E-state index is 12.7. The van der Waals surface area contributed by atoms with E-state index in [1.165, 1.54) is 16.2 Å². The van der Waals surface area contributed by atoms with Crippen molar-refractivity contribution in [2.45, 2.75) is 19.6 Å². The molecule has 0 radical (unpaired) electrons. The van der Waals surface area contributed by atoms with Crippen LogP contribution in [-0.2, 0) is 13.6 Å². The van der Waals surface area contributed by atoms with Crippen molar-refractivity contribution in [3.8, 4) is 17.2 Å². The quantitative estimate of drug-likeness (QED) is 0.313. The number of aromatic nitrogens is 4. The van der Waals surface area contributed by atoms with Gasteiger partial charge in [0, 0.05) is 12.7 Å². The van der Waals surface area contributed by atoms with Crippen molar-refractivity contribution < 1.29 is 19.3 Å². The van der Waals surface area contributed by atoms with Crippen LogP contribution in [0.4, 0.5) is 11.6 Å². The summed E-state index contributed by atoms with van der Waals surface area (Å²) in [4.78, 5) is 31.5. The molecular formula is C24H27N5O6. The lowest BCUT2D eigenvalue weighted by molar-refractivity contribution is 0.0938. The number of fused-ring (bicyclic) bond motifs is 1. The van der Waals surface area contributed by atoms with E-state index in [-0.39, 0.29) is 24.3 Å². The zero-order chi connectivity index (χ0) is 24.9. The number of methoxy groups -OCH3 is 1. The second kappa shape index (κ2) is 10.3. The van der Waals surface area contributed by atoms with Crippen LogP contribution < -0.4 is 30.8 Å². The van der Waals surface area contributed by atoms with Crippen LogP contribution in [0.25, 0.3) is 11.2 Å². The van der Waals surface area contributed by atoms with Crippen molar-refractivity contribution >= 4 is 22.8 Å². The number of aryl methyl sites for hydroxylation is 1. The van der Waals surface area contributed by atoms with Crippen LogP contribution in [0.15, 0.2) is 58.1 Å². The number of aromatic amines is 1. The molecule has 0 spiro atoms. The van der Waals surface area contributed by atoms with Crippen LogP contribution in [0, 0.1) is 0 Å².